The van der Waals surface area contributed by atoms with Crippen LogP contribution < -0.4 is 10.0 Å². The molecule has 0 aliphatic heterocycles. The van der Waals surface area contributed by atoms with E-state index in [0.29, 0.717) is 19.0 Å². The van der Waals surface area contributed by atoms with Crippen LogP contribution in [0.5, 0.6) is 0 Å². The van der Waals surface area contributed by atoms with Crippen LogP contribution in [-0.2, 0) is 10.2 Å². The molecule has 0 radical (unpaired) electrons. The van der Waals surface area contributed by atoms with E-state index in [1.807, 2.05) is 0 Å². The van der Waals surface area contributed by atoms with E-state index < -0.39 is 10.2 Å². The van der Waals surface area contributed by atoms with Crippen molar-refractivity contribution >= 4 is 10.2 Å². The van der Waals surface area contributed by atoms with Crippen molar-refractivity contribution in [3.05, 3.63) is 0 Å². The molecule has 0 aromatic heterocycles. The van der Waals surface area contributed by atoms with Gasteiger partial charge in [-0.25, -0.2) is 4.72 Å². The normalized spacial score (nSPS) is 13.4. The molecule has 0 heterocycles. The Morgan fingerprint density at radius 2 is 1.80 bits per heavy atom. The van der Waals surface area contributed by atoms with E-state index in [1.54, 1.807) is 7.05 Å². The lowest BCUT2D eigenvalue weighted by molar-refractivity contribution is 0.250. The van der Waals surface area contributed by atoms with Crippen molar-refractivity contribution in [1.82, 2.24) is 14.3 Å². The second kappa shape index (κ2) is 8.97. The van der Waals surface area contributed by atoms with E-state index in [9.17, 15) is 8.42 Å². The van der Waals surface area contributed by atoms with E-state index in [-0.39, 0.29) is 5.41 Å². The van der Waals surface area contributed by atoms with E-state index in [1.165, 1.54) is 4.31 Å². The summed E-state index contributed by atoms with van der Waals surface area (Å²) in [5.74, 6) is 0.425. The molecule has 6 heteroatoms. The Hall–Kier alpha value is -0.170. The number of rotatable bonds is 11. The summed E-state index contributed by atoms with van der Waals surface area (Å²) in [5, 5.41) is 3.27. The SMILES string of the molecule is CCCNCCCN(C)S(=O)(=O)NCC(C)(C)C(C)C. The number of hydrogen-bond acceptors (Lipinski definition) is 3. The maximum atomic E-state index is 12.1. The first-order valence-corrected chi connectivity index (χ1v) is 8.99. The van der Waals surface area contributed by atoms with Crippen LogP contribution in [0.15, 0.2) is 0 Å². The zero-order valence-electron chi connectivity index (χ0n) is 14.0. The van der Waals surface area contributed by atoms with Gasteiger partial charge in [0.2, 0.25) is 0 Å². The molecule has 0 rings (SSSR count). The fourth-order valence-electron chi connectivity index (χ4n) is 1.44. The van der Waals surface area contributed by atoms with Crippen LogP contribution in [0, 0.1) is 11.3 Å². The second-order valence-electron chi connectivity index (χ2n) is 6.39. The smallest absolute Gasteiger partial charge is 0.279 e. The Morgan fingerprint density at radius 3 is 2.30 bits per heavy atom. The molecule has 0 amide bonds. The second-order valence-corrected chi connectivity index (χ2v) is 8.26. The maximum absolute atomic E-state index is 12.1. The van der Waals surface area contributed by atoms with Crippen LogP contribution >= 0.6 is 0 Å². The van der Waals surface area contributed by atoms with Crippen molar-refractivity contribution in [3.8, 4) is 0 Å². The van der Waals surface area contributed by atoms with Crippen LogP contribution in [0.2, 0.25) is 0 Å². The first-order chi connectivity index (χ1) is 9.13. The molecule has 0 aliphatic carbocycles. The third-order valence-electron chi connectivity index (χ3n) is 3.94. The molecule has 0 aliphatic rings. The largest absolute Gasteiger partial charge is 0.317 e. The summed E-state index contributed by atoms with van der Waals surface area (Å²) in [7, 11) is -1.73. The Labute approximate surface area is 125 Å². The van der Waals surface area contributed by atoms with Crippen molar-refractivity contribution in [2.45, 2.75) is 47.5 Å². The van der Waals surface area contributed by atoms with Gasteiger partial charge in [0.05, 0.1) is 0 Å². The minimum atomic E-state index is -3.36. The molecule has 0 bridgehead atoms. The van der Waals surface area contributed by atoms with Gasteiger partial charge in [-0.05, 0) is 37.3 Å². The lowest BCUT2D eigenvalue weighted by Gasteiger charge is -2.30. The van der Waals surface area contributed by atoms with Gasteiger partial charge in [-0.1, -0.05) is 34.6 Å². The molecule has 0 fully saturated rings. The molecule has 0 spiro atoms. The summed E-state index contributed by atoms with van der Waals surface area (Å²) < 4.78 is 28.3. The minimum absolute atomic E-state index is 0.0450. The molecule has 0 atom stereocenters. The van der Waals surface area contributed by atoms with Gasteiger partial charge in [0.25, 0.3) is 10.2 Å². The number of hydrogen-bond donors (Lipinski definition) is 2. The molecular weight excluding hydrogens is 274 g/mol. The molecular formula is C14H33N3O2S. The van der Waals surface area contributed by atoms with E-state index in [2.05, 4.69) is 44.7 Å². The topological polar surface area (TPSA) is 61.4 Å². The summed E-state index contributed by atoms with van der Waals surface area (Å²) in [6.07, 6.45) is 1.92. The highest BCUT2D eigenvalue weighted by molar-refractivity contribution is 7.87. The zero-order chi connectivity index (χ0) is 15.8. The first kappa shape index (κ1) is 19.8. The van der Waals surface area contributed by atoms with E-state index in [0.717, 1.165) is 25.9 Å². The molecule has 0 unspecified atom stereocenters. The Balaban J connectivity index is 4.16. The predicted molar refractivity (Wildman–Crippen MR) is 85.9 cm³/mol. The van der Waals surface area contributed by atoms with Crippen molar-refractivity contribution in [3.63, 3.8) is 0 Å². The lowest BCUT2D eigenvalue weighted by Crippen LogP contribution is -2.44. The van der Waals surface area contributed by atoms with Crippen LogP contribution in [0.4, 0.5) is 0 Å². The van der Waals surface area contributed by atoms with Gasteiger partial charge in [-0.3, -0.25) is 0 Å². The highest BCUT2D eigenvalue weighted by Crippen LogP contribution is 2.24. The van der Waals surface area contributed by atoms with Gasteiger partial charge in [0.1, 0.15) is 0 Å². The molecule has 2 N–H and O–H groups in total. The van der Waals surface area contributed by atoms with Gasteiger partial charge in [0, 0.05) is 20.1 Å². The molecule has 0 saturated carbocycles. The molecule has 20 heavy (non-hydrogen) atoms. The molecule has 0 aromatic carbocycles. The van der Waals surface area contributed by atoms with Gasteiger partial charge in [0.15, 0.2) is 0 Å². The highest BCUT2D eigenvalue weighted by atomic mass is 32.2. The summed E-state index contributed by atoms with van der Waals surface area (Å²) >= 11 is 0. The van der Waals surface area contributed by atoms with Gasteiger partial charge >= 0.3 is 0 Å². The zero-order valence-corrected chi connectivity index (χ0v) is 14.8. The van der Waals surface area contributed by atoms with Gasteiger partial charge in [-0.2, -0.15) is 12.7 Å². The Kier molecular flexibility index (Phi) is 8.90. The molecule has 0 saturated heterocycles. The van der Waals surface area contributed by atoms with Crippen LogP contribution in [0.25, 0.3) is 0 Å². The monoisotopic (exact) mass is 307 g/mol. The fraction of sp³-hybridized carbons (Fsp3) is 1.00. The third-order valence-corrected chi connectivity index (χ3v) is 5.45. The number of nitrogens with zero attached hydrogens (tertiary/aromatic N) is 1. The van der Waals surface area contributed by atoms with Gasteiger partial charge in [-0.15, -0.1) is 0 Å². The molecule has 122 valence electrons. The van der Waals surface area contributed by atoms with Crippen molar-refractivity contribution in [1.29, 1.82) is 0 Å². The third kappa shape index (κ3) is 7.57. The van der Waals surface area contributed by atoms with Crippen LogP contribution in [0.1, 0.15) is 47.5 Å². The van der Waals surface area contributed by atoms with E-state index >= 15 is 0 Å². The van der Waals surface area contributed by atoms with E-state index in [4.69, 9.17) is 0 Å². The molecule has 5 nitrogen and oxygen atoms in total. The Bertz CT molecular complexity index is 353. The van der Waals surface area contributed by atoms with Crippen molar-refractivity contribution in [2.75, 3.05) is 33.2 Å². The highest BCUT2D eigenvalue weighted by Gasteiger charge is 2.26. The Morgan fingerprint density at radius 1 is 1.20 bits per heavy atom. The van der Waals surface area contributed by atoms with Crippen LogP contribution in [-0.4, -0.2) is 45.9 Å². The summed E-state index contributed by atoms with van der Waals surface area (Å²) in [6, 6.07) is 0. The van der Waals surface area contributed by atoms with Crippen molar-refractivity contribution < 1.29 is 8.42 Å². The summed E-state index contributed by atoms with van der Waals surface area (Å²) in [5.41, 5.74) is -0.0450. The average Bonchev–Trinajstić information content (AvgIpc) is 2.36. The fourth-order valence-corrected chi connectivity index (χ4v) is 2.58. The average molecular weight is 308 g/mol. The lowest BCUT2D eigenvalue weighted by atomic mass is 9.81. The van der Waals surface area contributed by atoms with Crippen molar-refractivity contribution in [2.24, 2.45) is 11.3 Å². The minimum Gasteiger partial charge on any atom is -0.317 e. The first-order valence-electron chi connectivity index (χ1n) is 7.55. The van der Waals surface area contributed by atoms with Crippen LogP contribution in [0.3, 0.4) is 0 Å². The predicted octanol–water partition coefficient (Wildman–Crippen LogP) is 1.82. The number of nitrogens with one attached hydrogen (secondary N) is 2. The quantitative estimate of drug-likeness (QED) is 0.572. The molecule has 0 aromatic rings. The summed E-state index contributed by atoms with van der Waals surface area (Å²) in [6.45, 7) is 13.3. The van der Waals surface area contributed by atoms with Gasteiger partial charge < -0.3 is 5.32 Å². The standard InChI is InChI=1S/C14H33N3O2S/c1-7-9-15-10-8-11-17(6)20(18,19)16-12-14(4,5)13(2)3/h13,15-16H,7-12H2,1-6H3. The maximum Gasteiger partial charge on any atom is 0.279 e. The summed E-state index contributed by atoms with van der Waals surface area (Å²) in [4.78, 5) is 0.